The van der Waals surface area contributed by atoms with Gasteiger partial charge in [-0.05, 0) is 24.1 Å². The molecule has 17 heavy (non-hydrogen) atoms. The molecular formula is C12H16O5. The second-order valence-corrected chi connectivity index (χ2v) is 3.64. The summed E-state index contributed by atoms with van der Waals surface area (Å²) in [6, 6.07) is 6.10. The SMILES string of the molecule is COC(=O)c1ccc(C(O)C(O)CCO)cc1. The predicted octanol–water partition coefficient (Wildman–Crippen LogP) is 0.250. The van der Waals surface area contributed by atoms with E-state index < -0.39 is 18.2 Å². The minimum atomic E-state index is -1.08. The molecule has 5 heteroatoms. The number of carbonyl (C=O) groups is 1. The standard InChI is InChI=1S/C12H16O5/c1-17-12(16)9-4-2-8(3-5-9)11(15)10(14)6-7-13/h2-5,10-11,13-15H,6-7H2,1H3. The molecule has 3 N–H and O–H groups in total. The zero-order valence-corrected chi connectivity index (χ0v) is 9.54. The van der Waals surface area contributed by atoms with Crippen molar-refractivity contribution < 1.29 is 24.9 Å². The number of aliphatic hydroxyl groups is 3. The average Bonchev–Trinajstić information content (AvgIpc) is 2.37. The van der Waals surface area contributed by atoms with E-state index in [2.05, 4.69) is 4.74 Å². The molecule has 0 amide bonds. The van der Waals surface area contributed by atoms with E-state index in [0.29, 0.717) is 11.1 Å². The molecule has 0 aliphatic heterocycles. The minimum absolute atomic E-state index is 0.0971. The molecule has 0 spiro atoms. The first-order valence-electron chi connectivity index (χ1n) is 5.25. The van der Waals surface area contributed by atoms with Crippen molar-refractivity contribution in [3.05, 3.63) is 35.4 Å². The Balaban J connectivity index is 2.76. The Kier molecular flexibility index (Phi) is 5.09. The van der Waals surface area contributed by atoms with Gasteiger partial charge in [0.1, 0.15) is 6.10 Å². The Morgan fingerprint density at radius 2 is 1.88 bits per heavy atom. The first-order chi connectivity index (χ1) is 8.10. The summed E-state index contributed by atoms with van der Waals surface area (Å²) < 4.78 is 4.54. The molecule has 1 rings (SSSR count). The van der Waals surface area contributed by atoms with Gasteiger partial charge in [-0.3, -0.25) is 0 Å². The molecule has 1 aromatic rings. The van der Waals surface area contributed by atoms with Gasteiger partial charge in [0.2, 0.25) is 0 Å². The maximum atomic E-state index is 11.2. The Morgan fingerprint density at radius 1 is 1.29 bits per heavy atom. The average molecular weight is 240 g/mol. The van der Waals surface area contributed by atoms with Gasteiger partial charge in [-0.2, -0.15) is 0 Å². The number of methoxy groups -OCH3 is 1. The Morgan fingerprint density at radius 3 is 2.35 bits per heavy atom. The molecule has 5 nitrogen and oxygen atoms in total. The minimum Gasteiger partial charge on any atom is -0.465 e. The molecule has 0 bridgehead atoms. The molecule has 0 heterocycles. The van der Waals surface area contributed by atoms with E-state index in [1.165, 1.54) is 31.4 Å². The van der Waals surface area contributed by atoms with E-state index in [-0.39, 0.29) is 13.0 Å². The van der Waals surface area contributed by atoms with Crippen molar-refractivity contribution in [1.29, 1.82) is 0 Å². The molecule has 0 aromatic heterocycles. The van der Waals surface area contributed by atoms with Crippen molar-refractivity contribution in [2.45, 2.75) is 18.6 Å². The Labute approximate surface area is 99.3 Å². The van der Waals surface area contributed by atoms with Crippen LogP contribution in [0.5, 0.6) is 0 Å². The topological polar surface area (TPSA) is 87.0 Å². The highest BCUT2D eigenvalue weighted by atomic mass is 16.5. The number of ether oxygens (including phenoxy) is 1. The maximum absolute atomic E-state index is 11.2. The van der Waals surface area contributed by atoms with Crippen molar-refractivity contribution in [1.82, 2.24) is 0 Å². The fourth-order valence-electron chi connectivity index (χ4n) is 1.45. The van der Waals surface area contributed by atoms with Crippen molar-refractivity contribution in [3.8, 4) is 0 Å². The quantitative estimate of drug-likeness (QED) is 0.642. The van der Waals surface area contributed by atoms with Gasteiger partial charge in [0.25, 0.3) is 0 Å². The Bertz CT molecular complexity index is 360. The highest BCUT2D eigenvalue weighted by molar-refractivity contribution is 5.89. The van der Waals surface area contributed by atoms with Crippen molar-refractivity contribution in [2.75, 3.05) is 13.7 Å². The highest BCUT2D eigenvalue weighted by Crippen LogP contribution is 2.19. The molecular weight excluding hydrogens is 224 g/mol. The van der Waals surface area contributed by atoms with E-state index >= 15 is 0 Å². The van der Waals surface area contributed by atoms with Crippen LogP contribution in [0.15, 0.2) is 24.3 Å². The van der Waals surface area contributed by atoms with Crippen molar-refractivity contribution >= 4 is 5.97 Å². The lowest BCUT2D eigenvalue weighted by Gasteiger charge is -2.17. The van der Waals surface area contributed by atoms with Gasteiger partial charge in [-0.25, -0.2) is 4.79 Å². The van der Waals surface area contributed by atoms with Gasteiger partial charge in [-0.15, -0.1) is 0 Å². The van der Waals surface area contributed by atoms with E-state index in [0.717, 1.165) is 0 Å². The van der Waals surface area contributed by atoms with Crippen LogP contribution in [0.2, 0.25) is 0 Å². The molecule has 94 valence electrons. The number of aliphatic hydroxyl groups excluding tert-OH is 3. The van der Waals surface area contributed by atoms with Gasteiger partial charge in [0.05, 0.1) is 18.8 Å². The molecule has 0 aliphatic rings. The number of esters is 1. The third-order valence-electron chi connectivity index (χ3n) is 2.46. The second-order valence-electron chi connectivity index (χ2n) is 3.64. The van der Waals surface area contributed by atoms with Crippen molar-refractivity contribution in [2.24, 2.45) is 0 Å². The van der Waals surface area contributed by atoms with E-state index in [1.807, 2.05) is 0 Å². The number of carbonyl (C=O) groups excluding carboxylic acids is 1. The van der Waals surface area contributed by atoms with Crippen LogP contribution in [0.3, 0.4) is 0 Å². The fourth-order valence-corrected chi connectivity index (χ4v) is 1.45. The third kappa shape index (κ3) is 3.52. The molecule has 0 radical (unpaired) electrons. The third-order valence-corrected chi connectivity index (χ3v) is 2.46. The number of rotatable bonds is 5. The van der Waals surface area contributed by atoms with Crippen LogP contribution in [0, 0.1) is 0 Å². The van der Waals surface area contributed by atoms with Gasteiger partial charge in [-0.1, -0.05) is 12.1 Å². The van der Waals surface area contributed by atoms with E-state index in [1.54, 1.807) is 0 Å². The van der Waals surface area contributed by atoms with Crippen LogP contribution in [-0.2, 0) is 4.74 Å². The lowest BCUT2D eigenvalue weighted by molar-refractivity contribution is 0.00421. The summed E-state index contributed by atoms with van der Waals surface area (Å²) in [5.74, 6) is -0.457. The molecule has 2 atom stereocenters. The fraction of sp³-hybridized carbons (Fsp3) is 0.417. The first-order valence-corrected chi connectivity index (χ1v) is 5.25. The zero-order chi connectivity index (χ0) is 12.8. The van der Waals surface area contributed by atoms with Crippen LogP contribution in [0.4, 0.5) is 0 Å². The number of hydrogen-bond acceptors (Lipinski definition) is 5. The zero-order valence-electron chi connectivity index (χ0n) is 9.54. The monoisotopic (exact) mass is 240 g/mol. The van der Waals surface area contributed by atoms with E-state index in [4.69, 9.17) is 5.11 Å². The normalized spacial score (nSPS) is 14.1. The van der Waals surface area contributed by atoms with Gasteiger partial charge in [0.15, 0.2) is 0 Å². The van der Waals surface area contributed by atoms with Gasteiger partial charge in [0, 0.05) is 6.61 Å². The lowest BCUT2D eigenvalue weighted by Crippen LogP contribution is -2.19. The maximum Gasteiger partial charge on any atom is 0.337 e. The molecule has 2 unspecified atom stereocenters. The lowest BCUT2D eigenvalue weighted by atomic mass is 10.0. The van der Waals surface area contributed by atoms with E-state index in [9.17, 15) is 15.0 Å². The summed E-state index contributed by atoms with van der Waals surface area (Å²) in [5, 5.41) is 27.9. The molecule has 0 saturated heterocycles. The summed E-state index contributed by atoms with van der Waals surface area (Å²) >= 11 is 0. The summed E-state index contributed by atoms with van der Waals surface area (Å²) in [5.41, 5.74) is 0.860. The van der Waals surface area contributed by atoms with Crippen LogP contribution in [0.1, 0.15) is 28.4 Å². The molecule has 0 aliphatic carbocycles. The Hall–Kier alpha value is -1.43. The number of benzene rings is 1. The number of hydrogen-bond donors (Lipinski definition) is 3. The summed E-state index contributed by atoms with van der Waals surface area (Å²) in [6.45, 7) is -0.196. The summed E-state index contributed by atoms with van der Waals surface area (Å²) in [7, 11) is 1.29. The van der Waals surface area contributed by atoms with Crippen LogP contribution >= 0.6 is 0 Å². The van der Waals surface area contributed by atoms with Crippen LogP contribution in [-0.4, -0.2) is 41.1 Å². The largest absolute Gasteiger partial charge is 0.465 e. The molecule has 1 aromatic carbocycles. The predicted molar refractivity (Wildman–Crippen MR) is 60.5 cm³/mol. The van der Waals surface area contributed by atoms with Gasteiger partial charge < -0.3 is 20.1 Å². The highest BCUT2D eigenvalue weighted by Gasteiger charge is 2.18. The second kappa shape index (κ2) is 6.34. The summed E-state index contributed by atoms with van der Waals surface area (Å²) in [4.78, 5) is 11.2. The van der Waals surface area contributed by atoms with Crippen LogP contribution < -0.4 is 0 Å². The smallest absolute Gasteiger partial charge is 0.337 e. The van der Waals surface area contributed by atoms with Gasteiger partial charge >= 0.3 is 5.97 Å². The van der Waals surface area contributed by atoms with Crippen molar-refractivity contribution in [3.63, 3.8) is 0 Å². The van der Waals surface area contributed by atoms with Crippen LogP contribution in [0.25, 0.3) is 0 Å². The molecule has 0 saturated carbocycles. The summed E-state index contributed by atoms with van der Waals surface area (Å²) in [6.07, 6.45) is -2.00. The molecule has 0 fully saturated rings. The first kappa shape index (κ1) is 13.6.